The lowest BCUT2D eigenvalue weighted by Gasteiger charge is -2.23. The highest BCUT2D eigenvalue weighted by molar-refractivity contribution is 14.0. The van der Waals surface area contributed by atoms with Crippen LogP contribution in [0.2, 0.25) is 5.02 Å². The summed E-state index contributed by atoms with van der Waals surface area (Å²) >= 11 is 6.10. The average molecular weight is 480 g/mol. The third-order valence-electron chi connectivity index (χ3n) is 4.11. The number of guanidine groups is 1. The number of aliphatic imine (C=N–C) groups is 1. The van der Waals surface area contributed by atoms with Crippen molar-refractivity contribution in [1.82, 2.24) is 20.0 Å². The van der Waals surface area contributed by atoms with Gasteiger partial charge in [0.05, 0.1) is 5.69 Å². The van der Waals surface area contributed by atoms with Crippen LogP contribution in [-0.4, -0.2) is 34.7 Å². The van der Waals surface area contributed by atoms with Crippen molar-refractivity contribution in [1.29, 1.82) is 0 Å². The van der Waals surface area contributed by atoms with Gasteiger partial charge >= 0.3 is 0 Å². The number of aryl methyl sites for hydroxylation is 2. The monoisotopic (exact) mass is 479 g/mol. The molecule has 2 rings (SSSR count). The van der Waals surface area contributed by atoms with E-state index in [4.69, 9.17) is 11.6 Å². The molecule has 0 atom stereocenters. The van der Waals surface area contributed by atoms with Crippen LogP contribution < -0.4 is 5.32 Å². The van der Waals surface area contributed by atoms with Gasteiger partial charge in [-0.05, 0) is 26.0 Å². The summed E-state index contributed by atoms with van der Waals surface area (Å²) in [5, 5.41) is 8.12. The summed E-state index contributed by atoms with van der Waals surface area (Å²) in [6.45, 7) is 4.95. The van der Waals surface area contributed by atoms with Crippen molar-refractivity contribution in [3.63, 3.8) is 0 Å². The summed E-state index contributed by atoms with van der Waals surface area (Å²) in [4.78, 5) is 6.10. The minimum absolute atomic E-state index is 0. The maximum absolute atomic E-state index is 14.0. The number of hydrogen-bond acceptors (Lipinski definition) is 2. The first-order chi connectivity index (χ1) is 11.3. The van der Waals surface area contributed by atoms with E-state index in [0.717, 1.165) is 17.0 Å². The Balaban J connectivity index is 0.00000312. The molecule has 0 bridgehead atoms. The van der Waals surface area contributed by atoms with Crippen molar-refractivity contribution in [2.45, 2.75) is 26.9 Å². The molecule has 1 aromatic heterocycles. The predicted molar refractivity (Wildman–Crippen MR) is 111 cm³/mol. The van der Waals surface area contributed by atoms with Crippen molar-refractivity contribution in [3.05, 3.63) is 51.6 Å². The van der Waals surface area contributed by atoms with Gasteiger partial charge in [-0.25, -0.2) is 4.39 Å². The Morgan fingerprint density at radius 2 is 2.04 bits per heavy atom. The van der Waals surface area contributed by atoms with E-state index in [1.807, 2.05) is 37.5 Å². The largest absolute Gasteiger partial charge is 0.352 e. The Morgan fingerprint density at radius 1 is 1.36 bits per heavy atom. The summed E-state index contributed by atoms with van der Waals surface area (Å²) in [7, 11) is 5.47. The number of halogens is 3. The van der Waals surface area contributed by atoms with E-state index in [1.165, 1.54) is 6.07 Å². The first kappa shape index (κ1) is 21.7. The highest BCUT2D eigenvalue weighted by atomic mass is 127. The molecule has 0 amide bonds. The Hall–Kier alpha value is -1.35. The minimum atomic E-state index is -0.316. The van der Waals surface area contributed by atoms with E-state index in [9.17, 15) is 4.39 Å². The van der Waals surface area contributed by atoms with Gasteiger partial charge < -0.3 is 10.2 Å². The first-order valence-electron chi connectivity index (χ1n) is 7.68. The van der Waals surface area contributed by atoms with Crippen molar-refractivity contribution in [3.8, 4) is 0 Å². The number of nitrogens with zero attached hydrogens (tertiary/aromatic N) is 4. The van der Waals surface area contributed by atoms with Gasteiger partial charge in [-0.1, -0.05) is 17.7 Å². The van der Waals surface area contributed by atoms with Crippen LogP contribution in [0.3, 0.4) is 0 Å². The molecule has 0 spiro atoms. The van der Waals surface area contributed by atoms with Crippen LogP contribution in [0.4, 0.5) is 4.39 Å². The molecule has 1 N–H and O–H groups in total. The summed E-state index contributed by atoms with van der Waals surface area (Å²) in [5.74, 6) is 0.348. The van der Waals surface area contributed by atoms with Crippen LogP contribution in [0.5, 0.6) is 0 Å². The van der Waals surface area contributed by atoms with Crippen LogP contribution in [0.15, 0.2) is 23.2 Å². The highest BCUT2D eigenvalue weighted by Crippen LogP contribution is 2.20. The fourth-order valence-corrected chi connectivity index (χ4v) is 2.84. The molecule has 5 nitrogen and oxygen atoms in total. The molecule has 1 heterocycles. The second-order valence-electron chi connectivity index (χ2n) is 5.73. The van der Waals surface area contributed by atoms with Gasteiger partial charge in [0.2, 0.25) is 0 Å². The maximum Gasteiger partial charge on any atom is 0.193 e. The smallest absolute Gasteiger partial charge is 0.193 e. The van der Waals surface area contributed by atoms with Gasteiger partial charge in [-0.2, -0.15) is 5.10 Å². The van der Waals surface area contributed by atoms with Crippen molar-refractivity contribution < 1.29 is 4.39 Å². The molecule has 0 unspecified atom stereocenters. The molecule has 2 aromatic rings. The Kier molecular flexibility index (Phi) is 8.14. The SMILES string of the molecule is CN=C(NCc1c(C)nn(C)c1C)N(C)Cc1c(F)cccc1Cl.I. The highest BCUT2D eigenvalue weighted by Gasteiger charge is 2.14. The lowest BCUT2D eigenvalue weighted by atomic mass is 10.2. The van der Waals surface area contributed by atoms with Crippen LogP contribution in [0.1, 0.15) is 22.5 Å². The number of benzene rings is 1. The van der Waals surface area contributed by atoms with Crippen molar-refractivity contribution in [2.24, 2.45) is 12.0 Å². The van der Waals surface area contributed by atoms with E-state index in [0.29, 0.717) is 29.6 Å². The molecule has 0 saturated heterocycles. The summed E-state index contributed by atoms with van der Waals surface area (Å²) in [5.41, 5.74) is 3.68. The van der Waals surface area contributed by atoms with E-state index in [2.05, 4.69) is 15.4 Å². The van der Waals surface area contributed by atoms with Crippen LogP contribution in [0, 0.1) is 19.7 Å². The van der Waals surface area contributed by atoms with E-state index >= 15 is 0 Å². The summed E-state index contributed by atoms with van der Waals surface area (Å²) < 4.78 is 15.8. The molecular formula is C17H24ClFIN5. The zero-order valence-electron chi connectivity index (χ0n) is 15.1. The van der Waals surface area contributed by atoms with Crippen molar-refractivity contribution >= 4 is 41.5 Å². The zero-order valence-corrected chi connectivity index (χ0v) is 18.2. The van der Waals surface area contributed by atoms with Gasteiger partial charge in [-0.3, -0.25) is 9.67 Å². The molecule has 138 valence electrons. The number of rotatable bonds is 4. The van der Waals surface area contributed by atoms with E-state index < -0.39 is 0 Å². The third kappa shape index (κ3) is 5.07. The molecule has 1 aromatic carbocycles. The van der Waals surface area contributed by atoms with E-state index in [1.54, 1.807) is 19.2 Å². The number of aromatic nitrogens is 2. The lowest BCUT2D eigenvalue weighted by molar-refractivity contribution is 0.460. The van der Waals surface area contributed by atoms with Crippen LogP contribution in [-0.2, 0) is 20.1 Å². The second-order valence-corrected chi connectivity index (χ2v) is 6.14. The molecule has 0 radical (unpaired) electrons. The normalized spacial score (nSPS) is 11.2. The van der Waals surface area contributed by atoms with Gasteiger partial charge in [0, 0.05) is 56.1 Å². The molecule has 8 heteroatoms. The third-order valence-corrected chi connectivity index (χ3v) is 4.47. The fraction of sp³-hybridized carbons (Fsp3) is 0.412. The van der Waals surface area contributed by atoms with Gasteiger partial charge in [0.1, 0.15) is 5.82 Å². The zero-order chi connectivity index (χ0) is 17.9. The number of hydrogen-bond donors (Lipinski definition) is 1. The van der Waals surface area contributed by atoms with Crippen molar-refractivity contribution in [2.75, 3.05) is 14.1 Å². The topological polar surface area (TPSA) is 45.5 Å². The molecular weight excluding hydrogens is 456 g/mol. The lowest BCUT2D eigenvalue weighted by Crippen LogP contribution is -2.38. The standard InChI is InChI=1S/C17H23ClFN5.HI/c1-11-13(12(2)24(5)22-11)9-21-17(20-3)23(4)10-14-15(18)7-6-8-16(14)19;/h6-8H,9-10H2,1-5H3,(H,20,21);1H. The Labute approximate surface area is 170 Å². The minimum Gasteiger partial charge on any atom is -0.352 e. The first-order valence-corrected chi connectivity index (χ1v) is 8.06. The molecule has 25 heavy (non-hydrogen) atoms. The van der Waals surface area contributed by atoms with E-state index in [-0.39, 0.29) is 29.8 Å². The summed E-state index contributed by atoms with van der Waals surface area (Å²) in [6.07, 6.45) is 0. The fourth-order valence-electron chi connectivity index (χ4n) is 2.62. The molecule has 0 saturated carbocycles. The second kappa shape index (κ2) is 9.38. The maximum atomic E-state index is 14.0. The molecule has 0 aliphatic carbocycles. The predicted octanol–water partition coefficient (Wildman–Crippen LogP) is 3.65. The molecule has 0 aliphatic rings. The van der Waals surface area contributed by atoms with Gasteiger partial charge in [0.25, 0.3) is 0 Å². The summed E-state index contributed by atoms with van der Waals surface area (Å²) in [6, 6.07) is 4.70. The van der Waals surface area contributed by atoms with Crippen LogP contribution >= 0.6 is 35.6 Å². The van der Waals surface area contributed by atoms with Gasteiger partial charge in [0.15, 0.2) is 5.96 Å². The number of nitrogens with one attached hydrogen (secondary N) is 1. The molecule has 0 fully saturated rings. The van der Waals surface area contributed by atoms with Gasteiger partial charge in [-0.15, -0.1) is 24.0 Å². The molecule has 0 aliphatic heterocycles. The van der Waals surface area contributed by atoms with Crippen LogP contribution in [0.25, 0.3) is 0 Å². The average Bonchev–Trinajstić information content (AvgIpc) is 2.77. The Bertz CT molecular complexity index is 739. The quantitative estimate of drug-likeness (QED) is 0.414. The Morgan fingerprint density at radius 3 is 2.56 bits per heavy atom.